The van der Waals surface area contributed by atoms with Gasteiger partial charge in [-0.3, -0.25) is 4.79 Å². The summed E-state index contributed by atoms with van der Waals surface area (Å²) in [4.78, 5) is 21.6. The Hall–Kier alpha value is -2.29. The lowest BCUT2D eigenvalue weighted by atomic mass is 10.0. The monoisotopic (exact) mass is 461 g/mol. The number of likely N-dealkylation sites (N-methyl/N-ethyl adjacent to an activating group) is 1. The second-order valence-corrected chi connectivity index (χ2v) is 8.47. The third-order valence-electron chi connectivity index (χ3n) is 4.66. The van der Waals surface area contributed by atoms with E-state index in [0.717, 1.165) is 54.4 Å². The van der Waals surface area contributed by atoms with E-state index in [2.05, 4.69) is 34.4 Å². The van der Waals surface area contributed by atoms with Crippen LogP contribution >= 0.6 is 11.3 Å². The fourth-order valence-electron chi connectivity index (χ4n) is 3.11. The first-order valence-electron chi connectivity index (χ1n) is 10.9. The van der Waals surface area contributed by atoms with Crippen molar-refractivity contribution in [2.75, 3.05) is 32.6 Å². The number of nitrogens with zero attached hydrogens (tertiary/aromatic N) is 3. The van der Waals surface area contributed by atoms with Gasteiger partial charge in [-0.15, -0.1) is 11.3 Å². The summed E-state index contributed by atoms with van der Waals surface area (Å²) in [5, 5.41) is 7.17. The minimum absolute atomic E-state index is 0. The van der Waals surface area contributed by atoms with Crippen molar-refractivity contribution in [1.82, 2.24) is 19.9 Å². The molecule has 0 radical (unpaired) electrons. The Bertz CT molecular complexity index is 924. The van der Waals surface area contributed by atoms with Crippen molar-refractivity contribution in [3.63, 3.8) is 0 Å². The lowest BCUT2D eigenvalue weighted by molar-refractivity contribution is 0.112. The Morgan fingerprint density at radius 2 is 1.94 bits per heavy atom. The summed E-state index contributed by atoms with van der Waals surface area (Å²) in [6.07, 6.45) is 6.81. The van der Waals surface area contributed by atoms with Gasteiger partial charge in [0.25, 0.3) is 0 Å². The summed E-state index contributed by atoms with van der Waals surface area (Å²) in [5.74, 6) is 0.754. The van der Waals surface area contributed by atoms with E-state index in [1.54, 1.807) is 24.5 Å². The summed E-state index contributed by atoms with van der Waals surface area (Å²) < 4.78 is 6.71. The van der Waals surface area contributed by atoms with E-state index >= 15 is 0 Å². The number of carbonyl (C=O) groups excluding carboxylic acids is 1. The zero-order valence-corrected chi connectivity index (χ0v) is 20.1. The molecule has 0 unspecified atom stereocenters. The molecule has 2 aromatic heterocycles. The number of anilines is 2. The van der Waals surface area contributed by atoms with Gasteiger partial charge < -0.3 is 19.9 Å². The van der Waals surface area contributed by atoms with Crippen LogP contribution in [0.3, 0.4) is 0 Å². The number of benzene rings is 1. The molecular formula is C24H39N5O2S. The number of rotatable bonds is 6. The molecule has 3 aromatic rings. The maximum Gasteiger partial charge on any atom is 0.209 e. The quantitative estimate of drug-likeness (QED) is 0.379. The van der Waals surface area contributed by atoms with Crippen LogP contribution in [0.1, 0.15) is 61.5 Å². The standard InChI is InChI=1S/C16H16N4OS.C4H11NO.C3H8.CH4/c1-20-13-7-6-10(9-21)8-12(13)17-15(20)19-16-18-11-4-2-3-5-14(11)22-16;1-5-3-4-6-2;1-3-2;/h6-9H,2-5H2,1H3,(H,17,18,19);5H,3-4H2,1-2H3;3H2,1-2H3;1H4. The first-order chi connectivity index (χ1) is 15.1. The van der Waals surface area contributed by atoms with Crippen molar-refractivity contribution in [3.05, 3.63) is 34.3 Å². The van der Waals surface area contributed by atoms with Crippen molar-refractivity contribution in [2.24, 2.45) is 7.05 Å². The van der Waals surface area contributed by atoms with Gasteiger partial charge in [0.2, 0.25) is 5.95 Å². The highest BCUT2D eigenvalue weighted by molar-refractivity contribution is 7.15. The molecule has 0 fully saturated rings. The molecule has 1 aliphatic rings. The number of aldehydes is 1. The molecule has 0 spiro atoms. The normalized spacial score (nSPS) is 11.9. The highest BCUT2D eigenvalue weighted by Crippen LogP contribution is 2.31. The van der Waals surface area contributed by atoms with Crippen LogP contribution in [0.15, 0.2) is 18.2 Å². The van der Waals surface area contributed by atoms with Crippen LogP contribution in [-0.2, 0) is 24.6 Å². The number of hydrogen-bond donors (Lipinski definition) is 2. The Balaban J connectivity index is 0.000000442. The number of methoxy groups -OCH3 is 1. The van der Waals surface area contributed by atoms with Gasteiger partial charge >= 0.3 is 0 Å². The third kappa shape index (κ3) is 7.69. The Labute approximate surface area is 196 Å². The molecule has 2 heterocycles. The predicted molar refractivity (Wildman–Crippen MR) is 137 cm³/mol. The van der Waals surface area contributed by atoms with Crippen LogP contribution in [0.2, 0.25) is 0 Å². The van der Waals surface area contributed by atoms with E-state index in [9.17, 15) is 4.79 Å². The maximum absolute atomic E-state index is 10.9. The number of fused-ring (bicyclic) bond motifs is 2. The first kappa shape index (κ1) is 27.7. The van der Waals surface area contributed by atoms with Gasteiger partial charge in [0, 0.05) is 31.1 Å². The average Bonchev–Trinajstić information content (AvgIpc) is 3.33. The number of carbonyl (C=O) groups is 1. The Morgan fingerprint density at radius 3 is 2.53 bits per heavy atom. The topological polar surface area (TPSA) is 81.1 Å². The van der Waals surface area contributed by atoms with Crippen molar-refractivity contribution in [2.45, 2.75) is 53.4 Å². The predicted octanol–water partition coefficient (Wildman–Crippen LogP) is 5.37. The molecule has 32 heavy (non-hydrogen) atoms. The fraction of sp³-hybridized carbons (Fsp3) is 0.542. The number of aromatic nitrogens is 3. The van der Waals surface area contributed by atoms with Crippen LogP contribution < -0.4 is 10.6 Å². The van der Waals surface area contributed by atoms with Gasteiger partial charge in [0.15, 0.2) is 5.13 Å². The average molecular weight is 462 g/mol. The Morgan fingerprint density at radius 1 is 1.22 bits per heavy atom. The van der Waals surface area contributed by atoms with Crippen LogP contribution in [0.25, 0.3) is 11.0 Å². The first-order valence-corrected chi connectivity index (χ1v) is 11.7. The molecule has 0 aliphatic heterocycles. The molecule has 0 amide bonds. The van der Waals surface area contributed by atoms with E-state index in [-0.39, 0.29) is 7.43 Å². The minimum Gasteiger partial charge on any atom is -0.383 e. The summed E-state index contributed by atoms with van der Waals surface area (Å²) in [5.41, 5.74) is 3.69. The van der Waals surface area contributed by atoms with Crippen LogP contribution in [0.4, 0.5) is 11.1 Å². The van der Waals surface area contributed by atoms with E-state index in [0.29, 0.717) is 5.56 Å². The van der Waals surface area contributed by atoms with Crippen LogP contribution in [-0.4, -0.2) is 48.1 Å². The van der Waals surface area contributed by atoms with Gasteiger partial charge in [-0.05, 0) is 50.9 Å². The third-order valence-corrected chi connectivity index (χ3v) is 5.73. The molecule has 2 N–H and O–H groups in total. The Kier molecular flexibility index (Phi) is 12.8. The molecule has 4 rings (SSSR count). The largest absolute Gasteiger partial charge is 0.383 e. The number of aryl methyl sites for hydroxylation is 3. The highest BCUT2D eigenvalue weighted by Gasteiger charge is 2.16. The van der Waals surface area contributed by atoms with Gasteiger partial charge in [0.1, 0.15) is 6.29 Å². The SMILES string of the molecule is C.CCC.CNCCOC.Cn1c(Nc2nc3c(s2)CCCC3)nc2cc(C=O)ccc21. The number of ether oxygens (including phenoxy) is 1. The summed E-state index contributed by atoms with van der Waals surface area (Å²) in [6, 6.07) is 5.54. The molecule has 1 aromatic carbocycles. The molecule has 8 heteroatoms. The number of hydrogen-bond acceptors (Lipinski definition) is 7. The maximum atomic E-state index is 10.9. The van der Waals surface area contributed by atoms with Crippen LogP contribution in [0.5, 0.6) is 0 Å². The number of nitrogens with one attached hydrogen (secondary N) is 2. The van der Waals surface area contributed by atoms with E-state index in [1.165, 1.54) is 29.8 Å². The second kappa shape index (κ2) is 14.7. The number of imidazole rings is 1. The molecule has 0 saturated heterocycles. The smallest absolute Gasteiger partial charge is 0.209 e. The number of thiazole rings is 1. The summed E-state index contributed by atoms with van der Waals surface area (Å²) in [7, 11) is 5.56. The second-order valence-electron chi connectivity index (χ2n) is 7.38. The van der Waals surface area contributed by atoms with Gasteiger partial charge in [0.05, 0.1) is 23.3 Å². The van der Waals surface area contributed by atoms with Crippen molar-refractivity contribution < 1.29 is 9.53 Å². The molecule has 0 saturated carbocycles. The molecule has 7 nitrogen and oxygen atoms in total. The van der Waals surface area contributed by atoms with Crippen molar-refractivity contribution >= 4 is 39.7 Å². The molecule has 1 aliphatic carbocycles. The fourth-order valence-corrected chi connectivity index (χ4v) is 4.15. The minimum atomic E-state index is 0. The summed E-state index contributed by atoms with van der Waals surface area (Å²) in [6.45, 7) is 5.99. The van der Waals surface area contributed by atoms with Gasteiger partial charge in [-0.1, -0.05) is 27.7 Å². The van der Waals surface area contributed by atoms with Gasteiger partial charge in [-0.25, -0.2) is 9.97 Å². The zero-order valence-electron chi connectivity index (χ0n) is 19.3. The van der Waals surface area contributed by atoms with E-state index < -0.39 is 0 Å². The molecule has 0 bridgehead atoms. The molecule has 0 atom stereocenters. The van der Waals surface area contributed by atoms with Gasteiger partial charge in [-0.2, -0.15) is 0 Å². The molecule has 178 valence electrons. The summed E-state index contributed by atoms with van der Waals surface area (Å²) >= 11 is 1.72. The molecular weight excluding hydrogens is 422 g/mol. The van der Waals surface area contributed by atoms with Crippen molar-refractivity contribution in [3.8, 4) is 0 Å². The van der Waals surface area contributed by atoms with E-state index in [4.69, 9.17) is 4.74 Å². The lowest BCUT2D eigenvalue weighted by Gasteiger charge is -2.06. The lowest BCUT2D eigenvalue weighted by Crippen LogP contribution is -2.12. The zero-order chi connectivity index (χ0) is 22.6. The van der Waals surface area contributed by atoms with Crippen molar-refractivity contribution in [1.29, 1.82) is 0 Å². The van der Waals surface area contributed by atoms with Crippen LogP contribution in [0, 0.1) is 0 Å². The van der Waals surface area contributed by atoms with E-state index in [1.807, 2.05) is 30.8 Å². The highest BCUT2D eigenvalue weighted by atomic mass is 32.1.